The van der Waals surface area contributed by atoms with Gasteiger partial charge in [-0.25, -0.2) is 0 Å². The third kappa shape index (κ3) is 6.46. The van der Waals surface area contributed by atoms with Crippen molar-refractivity contribution in [1.82, 2.24) is 4.90 Å². The van der Waals surface area contributed by atoms with Gasteiger partial charge in [0.2, 0.25) is 5.91 Å². The van der Waals surface area contributed by atoms with E-state index in [1.807, 2.05) is 44.2 Å². The number of anilines is 1. The van der Waals surface area contributed by atoms with Crippen molar-refractivity contribution in [2.24, 2.45) is 5.92 Å². The van der Waals surface area contributed by atoms with Crippen molar-refractivity contribution in [3.05, 3.63) is 58.1 Å². The summed E-state index contributed by atoms with van der Waals surface area (Å²) < 4.78 is 0. The number of halogens is 2. The van der Waals surface area contributed by atoms with E-state index in [0.717, 1.165) is 28.6 Å². The van der Waals surface area contributed by atoms with Gasteiger partial charge in [-0.3, -0.25) is 9.59 Å². The first-order chi connectivity index (χ1) is 15.8. The lowest BCUT2D eigenvalue weighted by molar-refractivity contribution is -0.142. The van der Waals surface area contributed by atoms with Gasteiger partial charge in [0.25, 0.3) is 0 Å². The van der Waals surface area contributed by atoms with Crippen LogP contribution in [0.3, 0.4) is 0 Å². The highest BCUT2D eigenvalue weighted by Gasteiger charge is 2.24. The van der Waals surface area contributed by atoms with Crippen LogP contribution in [0.2, 0.25) is 10.0 Å². The van der Waals surface area contributed by atoms with E-state index in [-0.39, 0.29) is 11.8 Å². The van der Waals surface area contributed by atoms with Gasteiger partial charge in [0, 0.05) is 47.7 Å². The highest BCUT2D eigenvalue weighted by atomic mass is 35.5. The highest BCUT2D eigenvalue weighted by molar-refractivity contribution is 7.99. The molecule has 176 valence electrons. The van der Waals surface area contributed by atoms with Crippen molar-refractivity contribution in [1.29, 1.82) is 0 Å². The zero-order valence-electron chi connectivity index (χ0n) is 18.8. The highest BCUT2D eigenvalue weighted by Crippen LogP contribution is 2.40. The summed E-state index contributed by atoms with van der Waals surface area (Å²) in [5, 5.41) is 10.1. The van der Waals surface area contributed by atoms with Crippen molar-refractivity contribution >= 4 is 58.6 Å². The molecule has 1 aliphatic rings. The van der Waals surface area contributed by atoms with Crippen LogP contribution in [0.5, 0.6) is 0 Å². The number of piperidine rings is 1. The Hall–Kier alpha value is -2.15. The Morgan fingerprint density at radius 2 is 1.82 bits per heavy atom. The van der Waals surface area contributed by atoms with Crippen LogP contribution in [0, 0.1) is 5.92 Å². The molecule has 0 atom stereocenters. The lowest BCUT2D eigenvalue weighted by atomic mass is 9.97. The minimum absolute atomic E-state index is 0.0603. The molecule has 2 aromatic rings. The number of nitrogens with zero attached hydrogens (tertiary/aromatic N) is 2. The Labute approximate surface area is 209 Å². The Bertz CT molecular complexity index is 1030. The Morgan fingerprint density at radius 3 is 2.45 bits per heavy atom. The van der Waals surface area contributed by atoms with Crippen LogP contribution in [0.15, 0.2) is 52.3 Å². The number of aliphatic carboxylic acids is 1. The van der Waals surface area contributed by atoms with E-state index in [2.05, 4.69) is 11.0 Å². The maximum Gasteiger partial charge on any atom is 0.306 e. The summed E-state index contributed by atoms with van der Waals surface area (Å²) in [7, 11) is 0. The molecule has 0 bridgehead atoms. The molecule has 1 saturated heterocycles. The van der Waals surface area contributed by atoms with Gasteiger partial charge in [0.15, 0.2) is 0 Å². The topological polar surface area (TPSA) is 60.9 Å². The van der Waals surface area contributed by atoms with Crippen LogP contribution in [-0.2, 0) is 9.59 Å². The first kappa shape index (κ1) is 25.5. The largest absolute Gasteiger partial charge is 0.481 e. The summed E-state index contributed by atoms with van der Waals surface area (Å²) in [5.41, 5.74) is 1.77. The quantitative estimate of drug-likeness (QED) is 0.424. The third-order valence-electron chi connectivity index (χ3n) is 5.81. The lowest BCUT2D eigenvalue weighted by Gasteiger charge is -2.32. The predicted molar refractivity (Wildman–Crippen MR) is 137 cm³/mol. The van der Waals surface area contributed by atoms with E-state index < -0.39 is 5.97 Å². The van der Waals surface area contributed by atoms with Gasteiger partial charge in [-0.05, 0) is 62.6 Å². The first-order valence-corrected chi connectivity index (χ1v) is 12.6. The second-order valence-electron chi connectivity index (χ2n) is 7.82. The number of hydrogen-bond donors (Lipinski definition) is 1. The molecule has 5 nitrogen and oxygen atoms in total. The van der Waals surface area contributed by atoms with Gasteiger partial charge in [-0.1, -0.05) is 47.1 Å². The van der Waals surface area contributed by atoms with Crippen LogP contribution in [0.4, 0.5) is 5.69 Å². The number of carbonyl (C=O) groups is 2. The summed E-state index contributed by atoms with van der Waals surface area (Å²) in [4.78, 5) is 29.2. The Balaban J connectivity index is 1.71. The predicted octanol–water partition coefficient (Wildman–Crippen LogP) is 6.33. The van der Waals surface area contributed by atoms with E-state index in [1.165, 1.54) is 17.8 Å². The molecular formula is C25H28Cl2N2O3S. The minimum Gasteiger partial charge on any atom is -0.481 e. The molecule has 0 radical (unpaired) electrons. The number of carboxylic acid groups (broad SMARTS) is 1. The zero-order valence-corrected chi connectivity index (χ0v) is 21.1. The molecule has 1 fully saturated rings. The van der Waals surface area contributed by atoms with Crippen LogP contribution in [0.25, 0.3) is 6.08 Å². The molecule has 0 aliphatic carbocycles. The first-order valence-electron chi connectivity index (χ1n) is 11.0. The van der Waals surface area contributed by atoms with E-state index in [4.69, 9.17) is 23.2 Å². The fraction of sp³-hybridized carbons (Fsp3) is 0.360. The van der Waals surface area contributed by atoms with Gasteiger partial charge >= 0.3 is 5.97 Å². The summed E-state index contributed by atoms with van der Waals surface area (Å²) in [6.45, 7) is 6.65. The maximum atomic E-state index is 12.2. The monoisotopic (exact) mass is 506 g/mol. The normalized spacial score (nSPS) is 14.6. The Kier molecular flexibility index (Phi) is 9.12. The number of likely N-dealkylation sites (N-methyl/N-ethyl adjacent to an activating group) is 1. The van der Waals surface area contributed by atoms with Crippen molar-refractivity contribution in [2.75, 3.05) is 31.1 Å². The van der Waals surface area contributed by atoms with E-state index in [9.17, 15) is 14.7 Å². The van der Waals surface area contributed by atoms with Crippen molar-refractivity contribution in [3.8, 4) is 0 Å². The molecular weight excluding hydrogens is 479 g/mol. The van der Waals surface area contributed by atoms with Gasteiger partial charge in [0.1, 0.15) is 0 Å². The van der Waals surface area contributed by atoms with Crippen LogP contribution in [-0.4, -0.2) is 48.1 Å². The van der Waals surface area contributed by atoms with E-state index >= 15 is 0 Å². The second-order valence-corrected chi connectivity index (χ2v) is 9.70. The van der Waals surface area contributed by atoms with Gasteiger partial charge in [-0.15, -0.1) is 0 Å². The molecule has 0 aromatic heterocycles. The number of carbonyl (C=O) groups excluding carboxylic acids is 1. The molecule has 0 saturated carbocycles. The molecule has 1 N–H and O–H groups in total. The van der Waals surface area contributed by atoms with E-state index in [1.54, 1.807) is 11.0 Å². The number of rotatable bonds is 8. The van der Waals surface area contributed by atoms with Gasteiger partial charge in [0.05, 0.1) is 16.0 Å². The number of carboxylic acids is 1. The minimum atomic E-state index is -0.707. The molecule has 0 spiro atoms. The second kappa shape index (κ2) is 11.8. The summed E-state index contributed by atoms with van der Waals surface area (Å²) in [6.07, 6.45) is 4.53. The molecule has 3 rings (SSSR count). The van der Waals surface area contributed by atoms with E-state index in [0.29, 0.717) is 41.5 Å². The average Bonchev–Trinajstić information content (AvgIpc) is 2.82. The summed E-state index contributed by atoms with van der Waals surface area (Å²) >= 11 is 14.6. The molecule has 2 aromatic carbocycles. The molecule has 33 heavy (non-hydrogen) atoms. The Morgan fingerprint density at radius 1 is 1.12 bits per heavy atom. The van der Waals surface area contributed by atoms with Crippen LogP contribution >= 0.6 is 35.0 Å². The summed E-state index contributed by atoms with van der Waals surface area (Å²) in [6, 6.07) is 11.9. The number of amides is 1. The molecule has 1 aliphatic heterocycles. The smallest absolute Gasteiger partial charge is 0.306 e. The van der Waals surface area contributed by atoms with Crippen molar-refractivity contribution in [2.45, 2.75) is 36.5 Å². The van der Waals surface area contributed by atoms with Gasteiger partial charge in [-0.2, -0.15) is 0 Å². The summed E-state index contributed by atoms with van der Waals surface area (Å²) in [5.74, 6) is -1.02. The lowest BCUT2D eigenvalue weighted by Crippen LogP contribution is -2.36. The van der Waals surface area contributed by atoms with Crippen LogP contribution < -0.4 is 4.90 Å². The molecule has 1 amide bonds. The fourth-order valence-corrected chi connectivity index (χ4v) is 5.29. The zero-order chi connectivity index (χ0) is 24.0. The fourth-order valence-electron chi connectivity index (χ4n) is 3.81. The number of benzene rings is 2. The standard InChI is InChI=1S/C25H28Cl2N2O3S/c1-3-28(4-2)22(30)11-9-17-8-10-21(24(27)23(17)26)33-20-7-5-6-19(16-20)29-14-12-18(13-15-29)25(31)32/h5-11,16,18H,3-4,12-15H2,1-2H3,(H,31,32)/b11-9+. The van der Waals surface area contributed by atoms with Crippen LogP contribution in [0.1, 0.15) is 32.3 Å². The molecule has 1 heterocycles. The molecule has 8 heteroatoms. The SMILES string of the molecule is CCN(CC)C(=O)/C=C/c1ccc(Sc2cccc(N3CCC(C(=O)O)CC3)c2)c(Cl)c1Cl. The van der Waals surface area contributed by atoms with Gasteiger partial charge < -0.3 is 14.9 Å². The maximum absolute atomic E-state index is 12.2. The molecule has 0 unspecified atom stereocenters. The number of hydrogen-bond acceptors (Lipinski definition) is 4. The van der Waals surface area contributed by atoms with Crippen molar-refractivity contribution in [3.63, 3.8) is 0 Å². The average molecular weight is 507 g/mol. The van der Waals surface area contributed by atoms with Crippen molar-refractivity contribution < 1.29 is 14.7 Å². The third-order valence-corrected chi connectivity index (χ3v) is 7.87.